The Morgan fingerprint density at radius 1 is 0.394 bits per heavy atom. The molecule has 3 heteroatoms. The molecule has 6 rings (SSSR count). The van der Waals surface area contributed by atoms with Crippen molar-refractivity contribution in [2.24, 2.45) is 0 Å². The highest BCUT2D eigenvalue weighted by atomic mass is 16.2. The lowest BCUT2D eigenvalue weighted by atomic mass is 9.38. The Balaban J connectivity index is 1.86. The van der Waals surface area contributed by atoms with Gasteiger partial charge >= 0.3 is 0 Å². The van der Waals surface area contributed by atoms with Gasteiger partial charge in [0.05, 0.1) is 10.8 Å². The molecule has 2 aliphatic rings. The second-order valence-corrected chi connectivity index (χ2v) is 8.50. The Morgan fingerprint density at radius 2 is 0.636 bits per heavy atom. The number of hydrogen-bond acceptors (Lipinski definition) is 2. The zero-order valence-electron chi connectivity index (χ0n) is 17.9. The van der Waals surface area contributed by atoms with Crippen molar-refractivity contribution < 1.29 is 9.59 Å². The van der Waals surface area contributed by atoms with Crippen LogP contribution in [0.2, 0.25) is 0 Å². The highest BCUT2D eigenvalue weighted by molar-refractivity contribution is 6.26. The molecule has 158 valence electrons. The van der Waals surface area contributed by atoms with E-state index < -0.39 is 10.8 Å². The summed E-state index contributed by atoms with van der Waals surface area (Å²) in [6.45, 7) is 0. The van der Waals surface area contributed by atoms with E-state index in [0.717, 1.165) is 22.3 Å². The molecule has 0 aromatic heterocycles. The summed E-state index contributed by atoms with van der Waals surface area (Å²) >= 11 is 0. The van der Waals surface area contributed by atoms with Crippen LogP contribution in [0.4, 0.5) is 0 Å². The molecule has 1 heterocycles. The van der Waals surface area contributed by atoms with Gasteiger partial charge in [0.2, 0.25) is 0 Å². The maximum absolute atomic E-state index is 13.4. The third kappa shape index (κ3) is 2.34. The minimum atomic E-state index is -0.871. The predicted octanol–water partition coefficient (Wildman–Crippen LogP) is 4.93. The molecule has 0 saturated heterocycles. The Morgan fingerprint density at radius 3 is 0.879 bits per heavy atom. The largest absolute Gasteiger partial charge is 0.289 e. The topological polar surface area (TPSA) is 46.2 Å². The molecular formula is C30H21NO2. The van der Waals surface area contributed by atoms with Crippen molar-refractivity contribution in [3.63, 3.8) is 0 Å². The lowest BCUT2D eigenvalue weighted by Gasteiger charge is -2.59. The zero-order valence-corrected chi connectivity index (χ0v) is 17.9. The van der Waals surface area contributed by atoms with Crippen molar-refractivity contribution in [3.05, 3.63) is 155 Å². The summed E-state index contributed by atoms with van der Waals surface area (Å²) in [5.74, 6) is -0.629. The molecule has 0 atom stereocenters. The van der Waals surface area contributed by atoms with Crippen LogP contribution in [0.15, 0.2) is 132 Å². The van der Waals surface area contributed by atoms with Crippen LogP contribution in [0.1, 0.15) is 22.3 Å². The molecule has 1 N–H and O–H groups in total. The molecular weight excluding hydrogens is 406 g/mol. The van der Waals surface area contributed by atoms with E-state index in [9.17, 15) is 9.59 Å². The van der Waals surface area contributed by atoms with Crippen LogP contribution in [-0.4, -0.2) is 11.8 Å². The summed E-state index contributed by atoms with van der Waals surface area (Å²) in [5.41, 5.74) is 3.25. The van der Waals surface area contributed by atoms with Gasteiger partial charge in [-0.15, -0.1) is 0 Å². The van der Waals surface area contributed by atoms with Crippen molar-refractivity contribution in [1.82, 2.24) is 5.32 Å². The number of nitrogens with one attached hydrogen (secondary N) is 1. The van der Waals surface area contributed by atoms with Crippen LogP contribution in [0.5, 0.6) is 0 Å². The summed E-state index contributed by atoms with van der Waals surface area (Å²) in [6.07, 6.45) is 0. The van der Waals surface area contributed by atoms with Gasteiger partial charge < -0.3 is 0 Å². The van der Waals surface area contributed by atoms with Crippen LogP contribution in [-0.2, 0) is 20.4 Å². The summed E-state index contributed by atoms with van der Waals surface area (Å²) in [4.78, 5) is 26.7. The van der Waals surface area contributed by atoms with Crippen LogP contribution in [0, 0.1) is 0 Å². The fraction of sp³-hybridized carbons (Fsp3) is 0.0667. The second kappa shape index (κ2) is 7.14. The Hall–Kier alpha value is -4.24. The average molecular weight is 428 g/mol. The Kier molecular flexibility index (Phi) is 4.21. The molecule has 1 aliphatic carbocycles. The van der Waals surface area contributed by atoms with Gasteiger partial charge in [-0.25, -0.2) is 0 Å². The maximum atomic E-state index is 13.4. The summed E-state index contributed by atoms with van der Waals surface area (Å²) < 4.78 is 0. The number of rotatable bonds is 4. The number of benzene rings is 4. The van der Waals surface area contributed by atoms with Gasteiger partial charge in [0.15, 0.2) is 0 Å². The van der Waals surface area contributed by atoms with E-state index in [1.54, 1.807) is 0 Å². The molecule has 0 spiro atoms. The van der Waals surface area contributed by atoms with Crippen molar-refractivity contribution >= 4 is 11.8 Å². The number of imide groups is 1. The van der Waals surface area contributed by atoms with Gasteiger partial charge in [-0.3, -0.25) is 14.9 Å². The molecule has 1 aliphatic heterocycles. The quantitative estimate of drug-likeness (QED) is 0.470. The van der Waals surface area contributed by atoms with Gasteiger partial charge in [-0.05, 0) is 22.3 Å². The first-order valence-electron chi connectivity index (χ1n) is 11.1. The minimum Gasteiger partial charge on any atom is -0.289 e. The molecule has 2 amide bonds. The Bertz CT molecular complexity index is 1200. The molecule has 3 nitrogen and oxygen atoms in total. The number of carbonyl (C=O) groups is 2. The fourth-order valence-corrected chi connectivity index (χ4v) is 6.01. The molecule has 0 saturated carbocycles. The first-order valence-corrected chi connectivity index (χ1v) is 11.1. The van der Waals surface area contributed by atoms with Gasteiger partial charge in [-0.2, -0.15) is 0 Å². The van der Waals surface area contributed by atoms with Crippen molar-refractivity contribution in [3.8, 4) is 0 Å². The smallest absolute Gasteiger partial charge is 0.255 e. The van der Waals surface area contributed by atoms with Crippen LogP contribution >= 0.6 is 0 Å². The van der Waals surface area contributed by atoms with E-state index in [-0.39, 0.29) is 11.8 Å². The van der Waals surface area contributed by atoms with E-state index in [1.807, 2.05) is 72.8 Å². The molecule has 0 radical (unpaired) electrons. The SMILES string of the molecule is O=C1NC(=O)C2=C1C(c1ccccc1)(c1ccccc1)C2(c1ccccc1)c1ccccc1. The van der Waals surface area contributed by atoms with Crippen molar-refractivity contribution in [2.45, 2.75) is 10.8 Å². The normalized spacial score (nSPS) is 17.8. The summed E-state index contributed by atoms with van der Waals surface area (Å²) in [5, 5.41) is 2.62. The number of hydrogen-bond donors (Lipinski definition) is 1. The minimum absolute atomic E-state index is 0.315. The third-order valence-electron chi connectivity index (χ3n) is 7.07. The summed E-state index contributed by atoms with van der Waals surface area (Å²) in [7, 11) is 0. The molecule has 4 aromatic carbocycles. The standard InChI is InChI=1S/C30H21NO2/c32-27-25-26(28(33)31-27)30(23-17-9-3-10-18-23,24-19-11-4-12-20-24)29(25,21-13-5-1-6-14-21)22-15-7-2-8-16-22/h1-20H,(H,31,32,33). The molecule has 0 unspecified atom stereocenters. The van der Waals surface area contributed by atoms with Crippen molar-refractivity contribution in [2.75, 3.05) is 0 Å². The van der Waals surface area contributed by atoms with Gasteiger partial charge in [0, 0.05) is 11.1 Å². The number of carbonyl (C=O) groups excluding carboxylic acids is 2. The lowest BCUT2D eigenvalue weighted by Crippen LogP contribution is -2.62. The van der Waals surface area contributed by atoms with E-state index in [0.29, 0.717) is 11.1 Å². The molecule has 0 bridgehead atoms. The fourth-order valence-electron chi connectivity index (χ4n) is 6.01. The second-order valence-electron chi connectivity index (χ2n) is 8.50. The molecule has 4 aromatic rings. The van der Waals surface area contributed by atoms with E-state index in [1.165, 1.54) is 0 Å². The summed E-state index contributed by atoms with van der Waals surface area (Å²) in [6, 6.07) is 40.4. The van der Waals surface area contributed by atoms with E-state index >= 15 is 0 Å². The van der Waals surface area contributed by atoms with Crippen LogP contribution in [0.3, 0.4) is 0 Å². The first-order chi connectivity index (χ1) is 16.2. The first kappa shape index (κ1) is 19.4. The van der Waals surface area contributed by atoms with Crippen molar-refractivity contribution in [1.29, 1.82) is 0 Å². The maximum Gasteiger partial charge on any atom is 0.255 e. The Labute approximate surface area is 192 Å². The molecule has 33 heavy (non-hydrogen) atoms. The molecule has 0 fully saturated rings. The van der Waals surface area contributed by atoms with E-state index in [4.69, 9.17) is 0 Å². The highest BCUT2D eigenvalue weighted by Gasteiger charge is 2.73. The van der Waals surface area contributed by atoms with Crippen LogP contribution in [0.25, 0.3) is 0 Å². The zero-order chi connectivity index (χ0) is 22.5. The van der Waals surface area contributed by atoms with Crippen LogP contribution < -0.4 is 5.32 Å². The van der Waals surface area contributed by atoms with Gasteiger partial charge in [0.25, 0.3) is 11.8 Å². The monoisotopic (exact) mass is 427 g/mol. The lowest BCUT2D eigenvalue weighted by molar-refractivity contribution is -0.124. The van der Waals surface area contributed by atoms with E-state index in [2.05, 4.69) is 53.8 Å². The van der Waals surface area contributed by atoms with Gasteiger partial charge in [-0.1, -0.05) is 121 Å². The number of amides is 2. The predicted molar refractivity (Wildman–Crippen MR) is 128 cm³/mol. The van der Waals surface area contributed by atoms with Gasteiger partial charge in [0.1, 0.15) is 0 Å². The third-order valence-corrected chi connectivity index (χ3v) is 7.07. The average Bonchev–Trinajstić information content (AvgIpc) is 3.13. The highest BCUT2D eigenvalue weighted by Crippen LogP contribution is 2.69.